The molecule has 0 aromatic carbocycles. The quantitative estimate of drug-likeness (QED) is 0.873. The minimum Gasteiger partial charge on any atom is -0.333 e. The second kappa shape index (κ2) is 5.42. The molecule has 6 nitrogen and oxygen atoms in total. The van der Waals surface area contributed by atoms with Gasteiger partial charge in [0.2, 0.25) is 0 Å². The van der Waals surface area contributed by atoms with Crippen LogP contribution in [0.5, 0.6) is 0 Å². The van der Waals surface area contributed by atoms with E-state index in [1.807, 2.05) is 11.1 Å². The van der Waals surface area contributed by atoms with Crippen LogP contribution in [-0.4, -0.2) is 51.0 Å². The summed E-state index contributed by atoms with van der Waals surface area (Å²) in [5.74, 6) is 0.763. The molecule has 1 aliphatic heterocycles. The van der Waals surface area contributed by atoms with Crippen LogP contribution in [0.2, 0.25) is 0 Å². The normalized spacial score (nSPS) is 19.1. The van der Waals surface area contributed by atoms with E-state index >= 15 is 0 Å². The van der Waals surface area contributed by atoms with Crippen LogP contribution in [-0.2, 0) is 0 Å². The molecule has 1 N–H and O–H groups in total. The third-order valence-electron chi connectivity index (χ3n) is 3.52. The van der Waals surface area contributed by atoms with E-state index in [0.717, 1.165) is 19.6 Å². The Hall–Kier alpha value is -2.21. The first kappa shape index (κ1) is 12.8. The molecule has 1 fully saturated rings. The van der Waals surface area contributed by atoms with Crippen LogP contribution >= 0.6 is 0 Å². The summed E-state index contributed by atoms with van der Waals surface area (Å²) in [5.41, 5.74) is 0.664. The van der Waals surface area contributed by atoms with Crippen molar-refractivity contribution in [1.29, 1.82) is 0 Å². The van der Waals surface area contributed by atoms with Crippen LogP contribution in [0.25, 0.3) is 5.82 Å². The molecule has 104 valence electrons. The molecule has 2 aromatic rings. The highest BCUT2D eigenvalue weighted by molar-refractivity contribution is 5.94. The fourth-order valence-corrected chi connectivity index (χ4v) is 2.40. The van der Waals surface area contributed by atoms with Crippen molar-refractivity contribution in [2.24, 2.45) is 0 Å². The molecule has 20 heavy (non-hydrogen) atoms. The smallest absolute Gasteiger partial charge is 0.254 e. The zero-order chi connectivity index (χ0) is 13.9. The van der Waals surface area contributed by atoms with Crippen molar-refractivity contribution >= 4 is 5.91 Å². The van der Waals surface area contributed by atoms with Crippen LogP contribution in [0.4, 0.5) is 0 Å². The Bertz CT molecular complexity index is 595. The van der Waals surface area contributed by atoms with Gasteiger partial charge in [-0.05, 0) is 19.1 Å². The molecule has 1 saturated heterocycles. The summed E-state index contributed by atoms with van der Waals surface area (Å²) in [6, 6.07) is 3.78. The molecule has 2 aromatic heterocycles. The van der Waals surface area contributed by atoms with Gasteiger partial charge in [-0.1, -0.05) is 0 Å². The zero-order valence-corrected chi connectivity index (χ0v) is 11.4. The number of carbonyl (C=O) groups is 1. The Morgan fingerprint density at radius 3 is 3.10 bits per heavy atom. The van der Waals surface area contributed by atoms with E-state index in [4.69, 9.17) is 0 Å². The zero-order valence-electron chi connectivity index (χ0n) is 11.4. The average Bonchev–Trinajstić information content (AvgIpc) is 3.01. The molecule has 0 radical (unpaired) electrons. The number of nitrogens with zero attached hydrogens (tertiary/aromatic N) is 4. The van der Waals surface area contributed by atoms with Gasteiger partial charge in [-0.25, -0.2) is 9.97 Å². The largest absolute Gasteiger partial charge is 0.333 e. The lowest BCUT2D eigenvalue weighted by Gasteiger charge is -2.34. The number of aromatic nitrogens is 3. The molecule has 0 saturated carbocycles. The molecule has 6 heteroatoms. The van der Waals surface area contributed by atoms with Crippen LogP contribution in [0, 0.1) is 0 Å². The summed E-state index contributed by atoms with van der Waals surface area (Å²) < 4.78 is 1.79. The van der Waals surface area contributed by atoms with Gasteiger partial charge in [0.1, 0.15) is 12.1 Å². The maximum atomic E-state index is 12.6. The van der Waals surface area contributed by atoms with Gasteiger partial charge in [0.25, 0.3) is 5.91 Å². The van der Waals surface area contributed by atoms with Gasteiger partial charge in [-0.3, -0.25) is 9.36 Å². The first-order chi connectivity index (χ1) is 9.75. The molecule has 0 bridgehead atoms. The Morgan fingerprint density at radius 2 is 2.35 bits per heavy atom. The van der Waals surface area contributed by atoms with Gasteiger partial charge < -0.3 is 10.2 Å². The standard InChI is InChI=1S/C14H17N5O/c1-11-9-15-5-7-19(11)14(20)12-2-3-17-13(8-12)18-6-4-16-10-18/h2-4,6,8,10-11,15H,5,7,9H2,1H3/t11-/m1/s1. The highest BCUT2D eigenvalue weighted by Gasteiger charge is 2.24. The van der Waals surface area contributed by atoms with E-state index in [1.54, 1.807) is 35.4 Å². The summed E-state index contributed by atoms with van der Waals surface area (Å²) in [4.78, 5) is 22.7. The number of imidazole rings is 1. The number of pyridine rings is 1. The van der Waals surface area contributed by atoms with Crippen LogP contribution in [0.3, 0.4) is 0 Å². The number of hydrogen-bond acceptors (Lipinski definition) is 4. The van der Waals surface area contributed by atoms with E-state index in [9.17, 15) is 4.79 Å². The molecular formula is C14H17N5O. The lowest BCUT2D eigenvalue weighted by atomic mass is 10.1. The fraction of sp³-hybridized carbons (Fsp3) is 0.357. The second-order valence-corrected chi connectivity index (χ2v) is 4.92. The first-order valence-electron chi connectivity index (χ1n) is 6.72. The maximum Gasteiger partial charge on any atom is 0.254 e. The minimum absolute atomic E-state index is 0.0581. The second-order valence-electron chi connectivity index (χ2n) is 4.92. The third kappa shape index (κ3) is 2.42. The Kier molecular flexibility index (Phi) is 3.47. The van der Waals surface area contributed by atoms with Gasteiger partial charge in [0, 0.05) is 49.8 Å². The maximum absolute atomic E-state index is 12.6. The molecule has 1 aliphatic rings. The molecule has 3 rings (SSSR count). The van der Waals surface area contributed by atoms with E-state index in [2.05, 4.69) is 22.2 Å². The van der Waals surface area contributed by atoms with Gasteiger partial charge in [-0.15, -0.1) is 0 Å². The number of nitrogens with one attached hydrogen (secondary N) is 1. The summed E-state index contributed by atoms with van der Waals surface area (Å²) >= 11 is 0. The third-order valence-corrected chi connectivity index (χ3v) is 3.52. The first-order valence-corrected chi connectivity index (χ1v) is 6.72. The van der Waals surface area contributed by atoms with Gasteiger partial charge >= 0.3 is 0 Å². The predicted octanol–water partition coefficient (Wildman–Crippen LogP) is 0.701. The number of amides is 1. The van der Waals surface area contributed by atoms with Crippen molar-refractivity contribution in [3.05, 3.63) is 42.6 Å². The molecule has 0 unspecified atom stereocenters. The lowest BCUT2D eigenvalue weighted by molar-refractivity contribution is 0.0655. The van der Waals surface area contributed by atoms with E-state index in [0.29, 0.717) is 11.4 Å². The average molecular weight is 271 g/mol. The van der Waals surface area contributed by atoms with E-state index in [1.165, 1.54) is 0 Å². The van der Waals surface area contributed by atoms with Crippen LogP contribution in [0.15, 0.2) is 37.1 Å². The Morgan fingerprint density at radius 1 is 1.45 bits per heavy atom. The van der Waals surface area contributed by atoms with Gasteiger partial charge in [0.15, 0.2) is 0 Å². The predicted molar refractivity (Wildman–Crippen MR) is 74.7 cm³/mol. The molecule has 3 heterocycles. The number of rotatable bonds is 2. The topological polar surface area (TPSA) is 63.1 Å². The SMILES string of the molecule is C[C@@H]1CNCCN1C(=O)c1ccnc(-n2ccnc2)c1. The van der Waals surface area contributed by atoms with Crippen molar-refractivity contribution in [1.82, 2.24) is 24.8 Å². The van der Waals surface area contributed by atoms with Crippen LogP contribution in [0.1, 0.15) is 17.3 Å². The lowest BCUT2D eigenvalue weighted by Crippen LogP contribution is -2.52. The van der Waals surface area contributed by atoms with Crippen molar-refractivity contribution in [2.75, 3.05) is 19.6 Å². The Balaban J connectivity index is 1.86. The van der Waals surface area contributed by atoms with E-state index < -0.39 is 0 Å². The van der Waals surface area contributed by atoms with Gasteiger partial charge in [-0.2, -0.15) is 0 Å². The highest BCUT2D eigenvalue weighted by Crippen LogP contribution is 2.12. The molecule has 0 aliphatic carbocycles. The van der Waals surface area contributed by atoms with E-state index in [-0.39, 0.29) is 11.9 Å². The van der Waals surface area contributed by atoms with Crippen molar-refractivity contribution < 1.29 is 4.79 Å². The molecule has 1 atom stereocenters. The summed E-state index contributed by atoms with van der Waals surface area (Å²) in [6.45, 7) is 4.48. The molecule has 0 spiro atoms. The highest BCUT2D eigenvalue weighted by atomic mass is 16.2. The van der Waals surface area contributed by atoms with Crippen LogP contribution < -0.4 is 5.32 Å². The molecular weight excluding hydrogens is 254 g/mol. The minimum atomic E-state index is 0.0581. The van der Waals surface area contributed by atoms with Gasteiger partial charge in [0.05, 0.1) is 0 Å². The summed E-state index contributed by atoms with van der Waals surface area (Å²) in [5, 5.41) is 3.29. The van der Waals surface area contributed by atoms with Crippen molar-refractivity contribution in [2.45, 2.75) is 13.0 Å². The van der Waals surface area contributed by atoms with Crippen molar-refractivity contribution in [3.8, 4) is 5.82 Å². The number of piperazine rings is 1. The monoisotopic (exact) mass is 271 g/mol. The van der Waals surface area contributed by atoms with Crippen molar-refractivity contribution in [3.63, 3.8) is 0 Å². The number of hydrogen-bond donors (Lipinski definition) is 1. The summed E-state index contributed by atoms with van der Waals surface area (Å²) in [7, 11) is 0. The Labute approximate surface area is 117 Å². The fourth-order valence-electron chi connectivity index (χ4n) is 2.40. The molecule has 1 amide bonds. The summed E-state index contributed by atoms with van der Waals surface area (Å²) in [6.07, 6.45) is 6.83. The number of carbonyl (C=O) groups excluding carboxylic acids is 1.